The second-order valence-corrected chi connectivity index (χ2v) is 12.3. The Hall–Kier alpha value is -3.82. The van der Waals surface area contributed by atoms with Crippen LogP contribution in [0, 0.1) is 0 Å². The van der Waals surface area contributed by atoms with Crippen LogP contribution in [0.25, 0.3) is 0 Å². The second-order valence-electron chi connectivity index (χ2n) is 11.5. The zero-order chi connectivity index (χ0) is 31.5. The highest BCUT2D eigenvalue weighted by atomic mass is 35.5. The van der Waals surface area contributed by atoms with E-state index < -0.39 is 12.0 Å². The van der Waals surface area contributed by atoms with Gasteiger partial charge in [-0.2, -0.15) is 0 Å². The Morgan fingerprint density at radius 2 is 1.89 bits per heavy atom. The molecular weight excluding hydrogens is 613 g/mol. The normalized spacial score (nSPS) is 18.7. The second kappa shape index (κ2) is 13.7. The molecule has 0 saturated carbocycles. The van der Waals surface area contributed by atoms with Gasteiger partial charge >= 0.3 is 5.97 Å². The van der Waals surface area contributed by atoms with E-state index in [1.165, 1.54) is 0 Å². The van der Waals surface area contributed by atoms with Crippen molar-refractivity contribution in [2.75, 3.05) is 32.2 Å². The lowest BCUT2D eigenvalue weighted by Crippen LogP contribution is -2.45. The molecule has 1 aromatic heterocycles. The number of ether oxygens (including phenoxy) is 3. The highest BCUT2D eigenvalue weighted by Crippen LogP contribution is 2.41. The van der Waals surface area contributed by atoms with Crippen LogP contribution in [0.1, 0.15) is 46.6 Å². The maximum absolute atomic E-state index is 12.3. The first kappa shape index (κ1) is 31.2. The first-order valence-electron chi connectivity index (χ1n) is 14.9. The number of pyridine rings is 1. The average molecular weight is 649 g/mol. The summed E-state index contributed by atoms with van der Waals surface area (Å²) in [6.07, 6.45) is 2.43. The van der Waals surface area contributed by atoms with Crippen LogP contribution >= 0.6 is 23.2 Å². The van der Waals surface area contributed by atoms with E-state index in [9.17, 15) is 9.90 Å². The average Bonchev–Trinajstić information content (AvgIpc) is 3.19. The summed E-state index contributed by atoms with van der Waals surface area (Å²) in [6.45, 7) is 2.10. The van der Waals surface area contributed by atoms with Gasteiger partial charge in [0, 0.05) is 46.4 Å². The van der Waals surface area contributed by atoms with E-state index >= 15 is 0 Å². The van der Waals surface area contributed by atoms with Gasteiger partial charge in [-0.3, -0.25) is 14.7 Å². The molecule has 0 spiro atoms. The largest absolute Gasteiger partial charge is 0.483 e. The lowest BCUT2D eigenvalue weighted by Gasteiger charge is -2.35. The molecule has 2 aliphatic heterocycles. The molecule has 2 unspecified atom stereocenters. The fourth-order valence-corrected chi connectivity index (χ4v) is 6.33. The summed E-state index contributed by atoms with van der Waals surface area (Å²) >= 11 is 12.4. The Morgan fingerprint density at radius 1 is 1.07 bits per heavy atom. The standard InChI is InChI=1S/C35H35Cl2N3O5/c1-39-14-12-32(22-6-9-27(10-7-22)44-34(21-43-2)23-8-11-28(36)29(37)15-23)45-33-18-25-19-40(20-26-5-3-4-13-38-26)31(35(41)42)17-24(25)16-30(33)39/h3-11,13,15-16,18,31-32,34H,12,14,17,19-21H2,1-2H3,(H,41,42)/t31-,32?,34?/m0/s1. The van der Waals surface area contributed by atoms with E-state index in [1.807, 2.05) is 53.4 Å². The Morgan fingerprint density at radius 3 is 2.60 bits per heavy atom. The van der Waals surface area contributed by atoms with Crippen molar-refractivity contribution in [2.45, 2.75) is 44.2 Å². The molecule has 8 nitrogen and oxygen atoms in total. The highest BCUT2D eigenvalue weighted by molar-refractivity contribution is 6.42. The lowest BCUT2D eigenvalue weighted by atomic mass is 9.92. The van der Waals surface area contributed by atoms with E-state index in [0.717, 1.165) is 52.4 Å². The molecule has 0 saturated heterocycles. The van der Waals surface area contributed by atoms with Gasteiger partial charge in [0.2, 0.25) is 0 Å². The SMILES string of the molecule is COCC(Oc1ccc(C2CCN(C)c3cc4c(cc3O2)CN(Cc2ccccn2)[C@H](C(=O)O)C4)cc1)c1ccc(Cl)c(Cl)c1. The van der Waals surface area contributed by atoms with Gasteiger partial charge in [0.1, 0.15) is 29.7 Å². The number of aromatic nitrogens is 1. The number of benzene rings is 3. The predicted molar refractivity (Wildman–Crippen MR) is 174 cm³/mol. The maximum Gasteiger partial charge on any atom is 0.321 e. The molecule has 234 valence electrons. The molecular formula is C35H35Cl2N3O5. The van der Waals surface area contributed by atoms with Crippen molar-refractivity contribution in [1.29, 1.82) is 0 Å². The minimum Gasteiger partial charge on any atom is -0.483 e. The smallest absolute Gasteiger partial charge is 0.321 e. The molecule has 3 heterocycles. The molecule has 1 N–H and O–H groups in total. The molecule has 3 aromatic carbocycles. The quantitative estimate of drug-likeness (QED) is 0.205. The van der Waals surface area contributed by atoms with Crippen molar-refractivity contribution in [2.24, 2.45) is 0 Å². The van der Waals surface area contributed by atoms with Crippen LogP contribution in [0.5, 0.6) is 11.5 Å². The number of carboxylic acids is 1. The zero-order valence-corrected chi connectivity index (χ0v) is 26.7. The van der Waals surface area contributed by atoms with Crippen molar-refractivity contribution in [3.8, 4) is 11.5 Å². The third-order valence-corrected chi connectivity index (χ3v) is 9.19. The number of carbonyl (C=O) groups is 1. The Bertz CT molecular complexity index is 1650. The summed E-state index contributed by atoms with van der Waals surface area (Å²) < 4.78 is 18.4. The topological polar surface area (TPSA) is 84.4 Å². The van der Waals surface area contributed by atoms with Crippen LogP contribution < -0.4 is 14.4 Å². The van der Waals surface area contributed by atoms with Gasteiger partial charge in [-0.25, -0.2) is 0 Å². The maximum atomic E-state index is 12.3. The number of hydrogen-bond donors (Lipinski definition) is 1. The molecule has 0 radical (unpaired) electrons. The fraction of sp³-hybridized carbons (Fsp3) is 0.314. The molecule has 0 amide bonds. The summed E-state index contributed by atoms with van der Waals surface area (Å²) in [5, 5.41) is 11.0. The third kappa shape index (κ3) is 7.05. The van der Waals surface area contributed by atoms with Crippen LogP contribution in [-0.2, 0) is 29.0 Å². The van der Waals surface area contributed by atoms with Gasteiger partial charge in [0.25, 0.3) is 0 Å². The van der Waals surface area contributed by atoms with Crippen LogP contribution in [0.4, 0.5) is 5.69 Å². The molecule has 6 rings (SSSR count). The highest BCUT2D eigenvalue weighted by Gasteiger charge is 2.34. The first-order chi connectivity index (χ1) is 21.8. The molecule has 3 atom stereocenters. The molecule has 0 bridgehead atoms. The van der Waals surface area contributed by atoms with Gasteiger partial charge in [0.05, 0.1) is 28.0 Å². The number of nitrogens with zero attached hydrogens (tertiary/aromatic N) is 3. The van der Waals surface area contributed by atoms with Crippen LogP contribution in [0.2, 0.25) is 10.0 Å². The van der Waals surface area contributed by atoms with Crippen LogP contribution in [-0.4, -0.2) is 54.3 Å². The number of fused-ring (bicyclic) bond motifs is 2. The van der Waals surface area contributed by atoms with E-state index in [4.69, 9.17) is 37.4 Å². The summed E-state index contributed by atoms with van der Waals surface area (Å²) in [6, 6.07) is 22.7. The number of carboxylic acid groups (broad SMARTS) is 1. The molecule has 0 fully saturated rings. The summed E-state index contributed by atoms with van der Waals surface area (Å²) in [4.78, 5) is 20.9. The van der Waals surface area contributed by atoms with Crippen molar-refractivity contribution in [3.63, 3.8) is 0 Å². The number of methoxy groups -OCH3 is 1. The van der Waals surface area contributed by atoms with Crippen molar-refractivity contribution < 1.29 is 24.1 Å². The van der Waals surface area contributed by atoms with E-state index in [1.54, 1.807) is 25.4 Å². The summed E-state index contributed by atoms with van der Waals surface area (Å²) in [5.41, 5.74) is 5.85. The van der Waals surface area contributed by atoms with Crippen molar-refractivity contribution >= 4 is 34.9 Å². The van der Waals surface area contributed by atoms with Gasteiger partial charge in [-0.1, -0.05) is 47.5 Å². The van der Waals surface area contributed by atoms with Gasteiger partial charge in [-0.15, -0.1) is 0 Å². The molecule has 45 heavy (non-hydrogen) atoms. The van der Waals surface area contributed by atoms with E-state index in [-0.39, 0.29) is 12.2 Å². The molecule has 10 heteroatoms. The predicted octanol–water partition coefficient (Wildman–Crippen LogP) is 7.13. The lowest BCUT2D eigenvalue weighted by molar-refractivity contribution is -0.144. The van der Waals surface area contributed by atoms with Gasteiger partial charge in [0.15, 0.2) is 0 Å². The monoisotopic (exact) mass is 647 g/mol. The van der Waals surface area contributed by atoms with Crippen molar-refractivity contribution in [1.82, 2.24) is 9.88 Å². The first-order valence-corrected chi connectivity index (χ1v) is 15.7. The zero-order valence-electron chi connectivity index (χ0n) is 25.2. The minimum atomic E-state index is -0.825. The van der Waals surface area contributed by atoms with Crippen molar-refractivity contribution in [3.05, 3.63) is 117 Å². The Balaban J connectivity index is 1.21. The number of anilines is 1. The third-order valence-electron chi connectivity index (χ3n) is 8.46. The number of halogens is 2. The molecule has 2 aliphatic rings. The Kier molecular flexibility index (Phi) is 9.47. The number of hydrogen-bond acceptors (Lipinski definition) is 7. The van der Waals surface area contributed by atoms with E-state index in [2.05, 4.69) is 29.1 Å². The molecule has 0 aliphatic carbocycles. The Labute approximate surface area is 273 Å². The van der Waals surface area contributed by atoms with Gasteiger partial charge in [-0.05, 0) is 77.2 Å². The van der Waals surface area contributed by atoms with Crippen LogP contribution in [0.3, 0.4) is 0 Å². The number of aliphatic carboxylic acids is 1. The molecule has 4 aromatic rings. The summed E-state index contributed by atoms with van der Waals surface area (Å²) in [5.74, 6) is 0.674. The van der Waals surface area contributed by atoms with E-state index in [0.29, 0.717) is 41.9 Å². The van der Waals surface area contributed by atoms with Gasteiger partial charge < -0.3 is 24.2 Å². The summed E-state index contributed by atoms with van der Waals surface area (Å²) in [7, 11) is 3.69. The number of rotatable bonds is 9. The van der Waals surface area contributed by atoms with Crippen LogP contribution in [0.15, 0.2) is 79.0 Å². The fourth-order valence-electron chi connectivity index (χ4n) is 6.03. The minimum absolute atomic E-state index is 0.161.